The fraction of sp³-hybridized carbons (Fsp3) is 0.333. The second kappa shape index (κ2) is 7.79. The maximum atomic E-state index is 14.0. The Kier molecular flexibility index (Phi) is 5.31. The molecule has 3 heterocycles. The zero-order valence-corrected chi connectivity index (χ0v) is 17.2. The molecule has 0 bridgehead atoms. The number of halogens is 2. The highest BCUT2D eigenvalue weighted by atomic mass is 32.2. The van der Waals surface area contributed by atoms with Gasteiger partial charge in [-0.05, 0) is 43.5 Å². The maximum Gasteiger partial charge on any atom is 0.251 e. The van der Waals surface area contributed by atoms with E-state index in [0.29, 0.717) is 48.9 Å². The molecule has 1 aliphatic heterocycles. The van der Waals surface area contributed by atoms with Gasteiger partial charge in [-0.2, -0.15) is 0 Å². The fourth-order valence-corrected chi connectivity index (χ4v) is 5.56. The summed E-state index contributed by atoms with van der Waals surface area (Å²) < 4.78 is 53.4. The van der Waals surface area contributed by atoms with Crippen molar-refractivity contribution in [3.8, 4) is 0 Å². The molecule has 0 spiro atoms. The number of aromatic amines is 1. The molecule has 0 radical (unpaired) electrons. The minimum absolute atomic E-state index is 0.0568. The van der Waals surface area contributed by atoms with Crippen molar-refractivity contribution in [1.29, 1.82) is 0 Å². The number of nitrogens with zero attached hydrogens (tertiary/aromatic N) is 2. The van der Waals surface area contributed by atoms with Gasteiger partial charge in [-0.15, -0.1) is 0 Å². The van der Waals surface area contributed by atoms with Crippen LogP contribution in [0.2, 0.25) is 0 Å². The number of fused-ring (bicyclic) bond motifs is 1. The van der Waals surface area contributed by atoms with E-state index in [1.54, 1.807) is 11.0 Å². The number of benzene rings is 1. The first-order valence-electron chi connectivity index (χ1n) is 9.75. The van der Waals surface area contributed by atoms with E-state index in [4.69, 9.17) is 0 Å². The Morgan fingerprint density at radius 2 is 1.90 bits per heavy atom. The first-order chi connectivity index (χ1) is 14.3. The molecule has 0 amide bonds. The average molecular weight is 433 g/mol. The number of H-pyrrole nitrogens is 1. The zero-order chi connectivity index (χ0) is 21.5. The van der Waals surface area contributed by atoms with Crippen molar-refractivity contribution in [3.63, 3.8) is 0 Å². The largest absolute Gasteiger partial charge is 0.369 e. The summed E-state index contributed by atoms with van der Waals surface area (Å²) >= 11 is 0. The van der Waals surface area contributed by atoms with E-state index < -0.39 is 26.7 Å². The summed E-state index contributed by atoms with van der Waals surface area (Å²) in [6.45, 7) is 2.54. The number of anilines is 1. The lowest BCUT2D eigenvalue weighted by Crippen LogP contribution is -2.39. The summed E-state index contributed by atoms with van der Waals surface area (Å²) in [5.74, 6) is -1.31. The van der Waals surface area contributed by atoms with Crippen LogP contribution in [0.1, 0.15) is 25.3 Å². The van der Waals surface area contributed by atoms with Gasteiger partial charge in [-0.1, -0.05) is 6.92 Å². The summed E-state index contributed by atoms with van der Waals surface area (Å²) in [4.78, 5) is 20.8. The van der Waals surface area contributed by atoms with Gasteiger partial charge in [-0.3, -0.25) is 9.78 Å². The van der Waals surface area contributed by atoms with Crippen molar-refractivity contribution in [2.45, 2.75) is 36.3 Å². The molecular formula is C21H21F2N3O3S. The van der Waals surface area contributed by atoms with Gasteiger partial charge >= 0.3 is 0 Å². The van der Waals surface area contributed by atoms with Gasteiger partial charge in [-0.25, -0.2) is 17.2 Å². The third-order valence-electron chi connectivity index (χ3n) is 5.58. The molecular weight excluding hydrogens is 412 g/mol. The second-order valence-electron chi connectivity index (χ2n) is 7.41. The minimum Gasteiger partial charge on any atom is -0.369 e. The highest BCUT2D eigenvalue weighted by Gasteiger charge is 2.32. The smallest absolute Gasteiger partial charge is 0.251 e. The van der Waals surface area contributed by atoms with Crippen molar-refractivity contribution >= 4 is 26.6 Å². The molecule has 1 fully saturated rings. The molecule has 9 heteroatoms. The van der Waals surface area contributed by atoms with Crippen molar-refractivity contribution in [3.05, 3.63) is 64.1 Å². The predicted octanol–water partition coefficient (Wildman–Crippen LogP) is 3.21. The SMILES string of the molecule is CCc1cc2ncc(S(=O)(=O)C3CCN(c4ccc(F)cc4F)CC3)cc2[nH]c1=O. The molecule has 1 N–H and O–H groups in total. The molecule has 1 aromatic carbocycles. The summed E-state index contributed by atoms with van der Waals surface area (Å²) in [5.41, 5.74) is 1.52. The van der Waals surface area contributed by atoms with Crippen LogP contribution in [-0.2, 0) is 16.3 Å². The van der Waals surface area contributed by atoms with Crippen molar-refractivity contribution in [2.75, 3.05) is 18.0 Å². The molecule has 30 heavy (non-hydrogen) atoms. The van der Waals surface area contributed by atoms with Gasteiger partial charge in [0.1, 0.15) is 11.6 Å². The highest BCUT2D eigenvalue weighted by molar-refractivity contribution is 7.92. The Morgan fingerprint density at radius 1 is 1.17 bits per heavy atom. The Hall–Kier alpha value is -2.81. The number of hydrogen-bond acceptors (Lipinski definition) is 5. The first-order valence-corrected chi connectivity index (χ1v) is 11.3. The Balaban J connectivity index is 1.56. The van der Waals surface area contributed by atoms with Crippen molar-refractivity contribution < 1.29 is 17.2 Å². The Labute approximate surface area is 172 Å². The number of piperidine rings is 1. The lowest BCUT2D eigenvalue weighted by Gasteiger charge is -2.33. The maximum absolute atomic E-state index is 14.0. The number of aryl methyl sites for hydroxylation is 1. The van der Waals surface area contributed by atoms with Crippen molar-refractivity contribution in [1.82, 2.24) is 9.97 Å². The average Bonchev–Trinajstić information content (AvgIpc) is 2.73. The van der Waals surface area contributed by atoms with Crippen LogP contribution in [-0.4, -0.2) is 36.7 Å². The second-order valence-corrected chi connectivity index (χ2v) is 9.64. The lowest BCUT2D eigenvalue weighted by molar-refractivity contribution is 0.521. The molecule has 2 aromatic heterocycles. The summed E-state index contributed by atoms with van der Waals surface area (Å²) in [5, 5.41) is -0.641. The standard InChI is InChI=1S/C21H21F2N3O3S/c1-2-13-9-18-19(25-21(13)27)11-16(12-24-18)30(28,29)15-5-7-26(8-6-15)20-4-3-14(22)10-17(20)23/h3-4,9-12,15H,2,5-8H2,1H3,(H,25,27). The summed E-state index contributed by atoms with van der Waals surface area (Å²) in [7, 11) is -3.67. The number of sulfone groups is 1. The van der Waals surface area contributed by atoms with E-state index in [2.05, 4.69) is 9.97 Å². The minimum atomic E-state index is -3.67. The van der Waals surface area contributed by atoms with Crippen LogP contribution in [0.5, 0.6) is 0 Å². The fourth-order valence-electron chi connectivity index (χ4n) is 3.86. The quantitative estimate of drug-likeness (QED) is 0.683. The number of nitrogens with one attached hydrogen (secondary N) is 1. The van der Waals surface area contributed by atoms with Crippen LogP contribution in [0.3, 0.4) is 0 Å². The van der Waals surface area contributed by atoms with E-state index in [0.717, 1.165) is 6.07 Å². The Bertz CT molecular complexity index is 1270. The van der Waals surface area contributed by atoms with Crippen LogP contribution in [0.4, 0.5) is 14.5 Å². The summed E-state index contributed by atoms with van der Waals surface area (Å²) in [6, 6.07) is 6.49. The molecule has 4 rings (SSSR count). The number of hydrogen-bond donors (Lipinski definition) is 1. The molecule has 3 aromatic rings. The molecule has 0 aliphatic carbocycles. The lowest BCUT2D eigenvalue weighted by atomic mass is 10.1. The van der Waals surface area contributed by atoms with Gasteiger partial charge in [0, 0.05) is 30.9 Å². The number of aromatic nitrogens is 2. The number of pyridine rings is 2. The van der Waals surface area contributed by atoms with E-state index >= 15 is 0 Å². The third-order valence-corrected chi connectivity index (χ3v) is 7.81. The van der Waals surface area contributed by atoms with Gasteiger partial charge in [0.2, 0.25) is 0 Å². The van der Waals surface area contributed by atoms with E-state index in [1.807, 2.05) is 6.92 Å². The molecule has 0 unspecified atom stereocenters. The van der Waals surface area contributed by atoms with Gasteiger partial charge in [0.15, 0.2) is 9.84 Å². The van der Waals surface area contributed by atoms with E-state index in [-0.39, 0.29) is 16.1 Å². The van der Waals surface area contributed by atoms with Crippen LogP contribution in [0.25, 0.3) is 11.0 Å². The van der Waals surface area contributed by atoms with Crippen LogP contribution >= 0.6 is 0 Å². The predicted molar refractivity (Wildman–Crippen MR) is 111 cm³/mol. The van der Waals surface area contributed by atoms with E-state index in [9.17, 15) is 22.0 Å². The van der Waals surface area contributed by atoms with Gasteiger partial charge in [0.05, 0.1) is 26.9 Å². The Morgan fingerprint density at radius 3 is 2.57 bits per heavy atom. The molecule has 158 valence electrons. The van der Waals surface area contributed by atoms with Crippen LogP contribution < -0.4 is 10.5 Å². The first kappa shape index (κ1) is 20.5. The third kappa shape index (κ3) is 3.69. The van der Waals surface area contributed by atoms with Crippen molar-refractivity contribution in [2.24, 2.45) is 0 Å². The monoisotopic (exact) mass is 433 g/mol. The van der Waals surface area contributed by atoms with Crippen LogP contribution in [0.15, 0.2) is 46.2 Å². The summed E-state index contributed by atoms with van der Waals surface area (Å²) in [6.07, 6.45) is 2.49. The zero-order valence-electron chi connectivity index (χ0n) is 16.4. The highest BCUT2D eigenvalue weighted by Crippen LogP contribution is 2.29. The topological polar surface area (TPSA) is 83.1 Å². The number of rotatable bonds is 4. The molecule has 0 saturated carbocycles. The van der Waals surface area contributed by atoms with E-state index in [1.165, 1.54) is 24.4 Å². The normalized spacial score (nSPS) is 15.6. The van der Waals surface area contributed by atoms with Crippen LogP contribution in [0, 0.1) is 11.6 Å². The van der Waals surface area contributed by atoms with Gasteiger partial charge < -0.3 is 9.88 Å². The molecule has 1 saturated heterocycles. The molecule has 6 nitrogen and oxygen atoms in total. The van der Waals surface area contributed by atoms with Gasteiger partial charge in [0.25, 0.3) is 5.56 Å². The molecule has 1 aliphatic rings. The molecule has 0 atom stereocenters.